The van der Waals surface area contributed by atoms with Crippen LogP contribution in [-0.2, 0) is 6.54 Å². The number of halogens is 1. The maximum Gasteiger partial charge on any atom is 0.191 e. The Labute approximate surface area is 190 Å². The van der Waals surface area contributed by atoms with Crippen molar-refractivity contribution in [1.29, 1.82) is 0 Å². The van der Waals surface area contributed by atoms with E-state index in [4.69, 9.17) is 9.26 Å². The fourth-order valence-corrected chi connectivity index (χ4v) is 3.43. The molecule has 29 heavy (non-hydrogen) atoms. The number of ether oxygens (including phenoxy) is 1. The van der Waals surface area contributed by atoms with Gasteiger partial charge in [0.25, 0.3) is 0 Å². The van der Waals surface area contributed by atoms with Crippen LogP contribution in [0.2, 0.25) is 0 Å². The number of anilines is 1. The molecule has 1 atom stereocenters. The lowest BCUT2D eigenvalue weighted by atomic mass is 10.1. The first-order valence-corrected chi connectivity index (χ1v) is 9.88. The summed E-state index contributed by atoms with van der Waals surface area (Å²) in [5.74, 6) is 3.44. The number of aromatic nitrogens is 1. The zero-order valence-corrected chi connectivity index (χ0v) is 20.0. The first-order valence-electron chi connectivity index (χ1n) is 9.88. The van der Waals surface area contributed by atoms with Gasteiger partial charge in [0.1, 0.15) is 5.75 Å². The highest BCUT2D eigenvalue weighted by Gasteiger charge is 2.24. The predicted octanol–water partition coefficient (Wildman–Crippen LogP) is 3.62. The monoisotopic (exact) mass is 513 g/mol. The van der Waals surface area contributed by atoms with Crippen LogP contribution in [0, 0.1) is 5.92 Å². The predicted molar refractivity (Wildman–Crippen MR) is 128 cm³/mol. The minimum atomic E-state index is 0. The van der Waals surface area contributed by atoms with Crippen molar-refractivity contribution in [3.63, 3.8) is 0 Å². The van der Waals surface area contributed by atoms with Crippen LogP contribution in [0.1, 0.15) is 37.6 Å². The highest BCUT2D eigenvalue weighted by molar-refractivity contribution is 14.0. The number of para-hydroxylation sites is 2. The lowest BCUT2D eigenvalue weighted by Crippen LogP contribution is -2.39. The molecular formula is C21H32IN5O2. The van der Waals surface area contributed by atoms with E-state index in [2.05, 4.69) is 51.7 Å². The van der Waals surface area contributed by atoms with Gasteiger partial charge in [0.05, 0.1) is 25.0 Å². The van der Waals surface area contributed by atoms with Gasteiger partial charge in [-0.1, -0.05) is 31.1 Å². The van der Waals surface area contributed by atoms with E-state index in [0.717, 1.165) is 49.2 Å². The number of hydrogen-bond donors (Lipinski definition) is 2. The number of benzene rings is 1. The molecule has 1 saturated heterocycles. The minimum absolute atomic E-state index is 0. The van der Waals surface area contributed by atoms with Crippen LogP contribution in [-0.4, -0.2) is 44.9 Å². The van der Waals surface area contributed by atoms with Gasteiger partial charge in [-0.15, -0.1) is 24.0 Å². The van der Waals surface area contributed by atoms with Crippen LogP contribution >= 0.6 is 24.0 Å². The molecule has 1 aromatic heterocycles. The Morgan fingerprint density at radius 3 is 2.83 bits per heavy atom. The Morgan fingerprint density at radius 2 is 2.14 bits per heavy atom. The van der Waals surface area contributed by atoms with E-state index in [1.54, 1.807) is 14.2 Å². The quantitative estimate of drug-likeness (QED) is 0.335. The molecule has 8 heteroatoms. The highest BCUT2D eigenvalue weighted by atomic mass is 127. The number of aliphatic imine (C=N–C) groups is 1. The molecule has 2 N–H and O–H groups in total. The Kier molecular flexibility index (Phi) is 9.06. The third-order valence-electron chi connectivity index (χ3n) is 5.09. The van der Waals surface area contributed by atoms with Crippen molar-refractivity contribution < 1.29 is 9.26 Å². The molecule has 0 aliphatic carbocycles. The molecule has 0 bridgehead atoms. The van der Waals surface area contributed by atoms with Gasteiger partial charge in [0, 0.05) is 32.7 Å². The van der Waals surface area contributed by atoms with Crippen LogP contribution in [0.3, 0.4) is 0 Å². The molecule has 3 rings (SSSR count). The molecule has 160 valence electrons. The smallest absolute Gasteiger partial charge is 0.191 e. The van der Waals surface area contributed by atoms with Crippen molar-refractivity contribution in [1.82, 2.24) is 15.8 Å². The Bertz CT molecular complexity index is 793. The van der Waals surface area contributed by atoms with Crippen molar-refractivity contribution in [2.24, 2.45) is 10.9 Å². The van der Waals surface area contributed by atoms with Gasteiger partial charge in [-0.3, -0.25) is 4.99 Å². The first-order chi connectivity index (χ1) is 13.6. The van der Waals surface area contributed by atoms with E-state index in [-0.39, 0.29) is 24.0 Å². The third-order valence-corrected chi connectivity index (χ3v) is 5.09. The molecular weight excluding hydrogens is 481 g/mol. The van der Waals surface area contributed by atoms with Crippen molar-refractivity contribution >= 4 is 35.6 Å². The average molecular weight is 513 g/mol. The summed E-state index contributed by atoms with van der Waals surface area (Å²) in [7, 11) is 3.51. The van der Waals surface area contributed by atoms with E-state index in [0.29, 0.717) is 18.4 Å². The lowest BCUT2D eigenvalue weighted by Gasteiger charge is -2.21. The molecule has 1 fully saturated rings. The van der Waals surface area contributed by atoms with Crippen LogP contribution in [0.25, 0.3) is 0 Å². The SMILES string of the molecule is CN=C(NCc1cc(C(C)C)no1)NCC1CCN(c2ccccc2OC)C1.I. The second-order valence-electron chi connectivity index (χ2n) is 7.45. The summed E-state index contributed by atoms with van der Waals surface area (Å²) in [6.45, 7) is 7.69. The van der Waals surface area contributed by atoms with Gasteiger partial charge in [0.15, 0.2) is 11.7 Å². The van der Waals surface area contributed by atoms with Crippen molar-refractivity contribution in [3.8, 4) is 5.75 Å². The molecule has 1 aromatic carbocycles. The zero-order valence-electron chi connectivity index (χ0n) is 17.6. The zero-order chi connectivity index (χ0) is 19.9. The number of nitrogens with zero attached hydrogens (tertiary/aromatic N) is 3. The fraction of sp³-hybridized carbons (Fsp3) is 0.524. The van der Waals surface area contributed by atoms with Gasteiger partial charge in [0.2, 0.25) is 0 Å². The summed E-state index contributed by atoms with van der Waals surface area (Å²) >= 11 is 0. The molecule has 0 spiro atoms. The minimum Gasteiger partial charge on any atom is -0.495 e. The molecule has 0 amide bonds. The molecule has 7 nitrogen and oxygen atoms in total. The molecule has 2 aromatic rings. The second-order valence-corrected chi connectivity index (χ2v) is 7.45. The molecule has 0 radical (unpaired) electrons. The fourth-order valence-electron chi connectivity index (χ4n) is 3.43. The van der Waals surface area contributed by atoms with Crippen LogP contribution in [0.5, 0.6) is 5.75 Å². The maximum absolute atomic E-state index is 5.50. The van der Waals surface area contributed by atoms with Crippen molar-refractivity contribution in [3.05, 3.63) is 41.8 Å². The van der Waals surface area contributed by atoms with Crippen molar-refractivity contribution in [2.75, 3.05) is 38.7 Å². The Balaban J connectivity index is 0.00000300. The van der Waals surface area contributed by atoms with Gasteiger partial charge < -0.3 is 24.8 Å². The maximum atomic E-state index is 5.50. The normalized spacial score (nSPS) is 16.7. The summed E-state index contributed by atoms with van der Waals surface area (Å²) in [6, 6.07) is 10.2. The number of guanidine groups is 1. The Hall–Kier alpha value is -1.97. The third kappa shape index (κ3) is 6.25. The molecule has 2 heterocycles. The van der Waals surface area contributed by atoms with Gasteiger partial charge in [-0.25, -0.2) is 0 Å². The Morgan fingerprint density at radius 1 is 1.34 bits per heavy atom. The van der Waals surface area contributed by atoms with E-state index in [1.165, 1.54) is 5.69 Å². The van der Waals surface area contributed by atoms with Gasteiger partial charge >= 0.3 is 0 Å². The van der Waals surface area contributed by atoms with E-state index < -0.39 is 0 Å². The summed E-state index contributed by atoms with van der Waals surface area (Å²) in [6.07, 6.45) is 1.14. The van der Waals surface area contributed by atoms with Crippen molar-refractivity contribution in [2.45, 2.75) is 32.7 Å². The largest absolute Gasteiger partial charge is 0.495 e. The topological polar surface area (TPSA) is 74.9 Å². The highest BCUT2D eigenvalue weighted by Crippen LogP contribution is 2.31. The molecule has 0 saturated carbocycles. The van der Waals surface area contributed by atoms with Crippen LogP contribution < -0.4 is 20.3 Å². The summed E-state index contributed by atoms with van der Waals surface area (Å²) < 4.78 is 10.9. The number of nitrogens with one attached hydrogen (secondary N) is 2. The van der Waals surface area contributed by atoms with E-state index in [1.807, 2.05) is 18.2 Å². The molecule has 1 aliphatic rings. The summed E-state index contributed by atoms with van der Waals surface area (Å²) in [5.41, 5.74) is 2.14. The standard InChI is InChI=1S/C21H31N5O2.HI/c1-15(2)18-11-17(28-25-18)13-24-21(22-3)23-12-16-9-10-26(14-16)19-7-5-6-8-20(19)27-4;/h5-8,11,15-16H,9-10,12-14H2,1-4H3,(H2,22,23,24);1H. The lowest BCUT2D eigenvalue weighted by molar-refractivity contribution is 0.371. The van der Waals surface area contributed by atoms with E-state index in [9.17, 15) is 0 Å². The first kappa shape index (κ1) is 23.3. The van der Waals surface area contributed by atoms with Gasteiger partial charge in [-0.2, -0.15) is 0 Å². The molecule has 1 aliphatic heterocycles. The summed E-state index contributed by atoms with van der Waals surface area (Å²) in [5, 5.41) is 10.8. The number of rotatable bonds is 7. The second kappa shape index (κ2) is 11.3. The number of methoxy groups -OCH3 is 1. The van der Waals surface area contributed by atoms with Gasteiger partial charge in [-0.05, 0) is 30.4 Å². The number of hydrogen-bond acceptors (Lipinski definition) is 5. The summed E-state index contributed by atoms with van der Waals surface area (Å²) in [4.78, 5) is 6.70. The van der Waals surface area contributed by atoms with E-state index >= 15 is 0 Å². The van der Waals surface area contributed by atoms with Crippen LogP contribution in [0.15, 0.2) is 39.8 Å². The van der Waals surface area contributed by atoms with Crippen LogP contribution in [0.4, 0.5) is 5.69 Å². The molecule has 1 unspecified atom stereocenters. The average Bonchev–Trinajstić information content (AvgIpc) is 3.38.